The Hall–Kier alpha value is -1.88. The molecule has 0 bridgehead atoms. The Bertz CT molecular complexity index is 504. The predicted molar refractivity (Wildman–Crippen MR) is 86.2 cm³/mol. The van der Waals surface area contributed by atoms with Crippen LogP contribution in [0.15, 0.2) is 30.3 Å². The van der Waals surface area contributed by atoms with Crippen LogP contribution >= 0.6 is 0 Å². The van der Waals surface area contributed by atoms with Gasteiger partial charge in [-0.25, -0.2) is 0 Å². The van der Waals surface area contributed by atoms with Crippen LogP contribution < -0.4 is 5.32 Å². The molecule has 0 aromatic heterocycles. The zero-order valence-electron chi connectivity index (χ0n) is 13.4. The molecule has 1 aliphatic rings. The molecule has 1 aromatic rings. The van der Waals surface area contributed by atoms with E-state index in [-0.39, 0.29) is 17.9 Å². The fraction of sp³-hybridized carbons (Fsp3) is 0.529. The SMILES string of the molecule is CCC(=O)N1CCN(CC)CC1C(=O)NCc1ccccc1. The first-order chi connectivity index (χ1) is 10.7. The fourth-order valence-corrected chi connectivity index (χ4v) is 2.76. The van der Waals surface area contributed by atoms with Gasteiger partial charge in [0.25, 0.3) is 0 Å². The van der Waals surface area contributed by atoms with E-state index in [4.69, 9.17) is 0 Å². The minimum absolute atomic E-state index is 0.0515. The highest BCUT2D eigenvalue weighted by molar-refractivity contribution is 5.88. The lowest BCUT2D eigenvalue weighted by Gasteiger charge is -2.40. The third kappa shape index (κ3) is 4.07. The molecule has 1 atom stereocenters. The third-order valence-corrected chi connectivity index (χ3v) is 4.15. The summed E-state index contributed by atoms with van der Waals surface area (Å²) in [6.45, 7) is 7.40. The highest BCUT2D eigenvalue weighted by Gasteiger charge is 2.33. The second kappa shape index (κ2) is 7.94. The summed E-state index contributed by atoms with van der Waals surface area (Å²) < 4.78 is 0. The number of piperazine rings is 1. The van der Waals surface area contributed by atoms with Crippen LogP contribution in [0.25, 0.3) is 0 Å². The van der Waals surface area contributed by atoms with Crippen molar-refractivity contribution in [2.24, 2.45) is 0 Å². The van der Waals surface area contributed by atoms with Crippen LogP contribution in [0.4, 0.5) is 0 Å². The van der Waals surface area contributed by atoms with Gasteiger partial charge in [-0.15, -0.1) is 0 Å². The van der Waals surface area contributed by atoms with Crippen molar-refractivity contribution in [3.63, 3.8) is 0 Å². The van der Waals surface area contributed by atoms with Gasteiger partial charge in [0.15, 0.2) is 0 Å². The maximum absolute atomic E-state index is 12.5. The molecule has 5 nitrogen and oxygen atoms in total. The lowest BCUT2D eigenvalue weighted by atomic mass is 10.1. The van der Waals surface area contributed by atoms with Crippen molar-refractivity contribution in [2.45, 2.75) is 32.9 Å². The van der Waals surface area contributed by atoms with E-state index in [1.54, 1.807) is 4.90 Å². The van der Waals surface area contributed by atoms with Crippen LogP contribution in [0, 0.1) is 0 Å². The van der Waals surface area contributed by atoms with Crippen molar-refractivity contribution in [2.75, 3.05) is 26.2 Å². The second-order valence-electron chi connectivity index (χ2n) is 5.55. The zero-order valence-corrected chi connectivity index (χ0v) is 13.4. The number of likely N-dealkylation sites (N-methyl/N-ethyl adjacent to an activating group) is 1. The van der Waals surface area contributed by atoms with E-state index < -0.39 is 0 Å². The maximum atomic E-state index is 12.5. The summed E-state index contributed by atoms with van der Waals surface area (Å²) in [6.07, 6.45) is 0.439. The summed E-state index contributed by atoms with van der Waals surface area (Å²) in [5.74, 6) is -0.0144. The minimum Gasteiger partial charge on any atom is -0.350 e. The van der Waals surface area contributed by atoms with Gasteiger partial charge in [0.05, 0.1) is 0 Å². The van der Waals surface area contributed by atoms with E-state index in [1.165, 1.54) is 0 Å². The number of benzene rings is 1. The van der Waals surface area contributed by atoms with E-state index >= 15 is 0 Å². The van der Waals surface area contributed by atoms with Crippen LogP contribution in [-0.4, -0.2) is 53.8 Å². The van der Waals surface area contributed by atoms with Crippen LogP contribution in [0.2, 0.25) is 0 Å². The molecule has 0 radical (unpaired) electrons. The molecule has 1 heterocycles. The lowest BCUT2D eigenvalue weighted by molar-refractivity contribution is -0.143. The smallest absolute Gasteiger partial charge is 0.244 e. The largest absolute Gasteiger partial charge is 0.350 e. The molecule has 0 saturated carbocycles. The molecule has 1 saturated heterocycles. The molecule has 0 aliphatic carbocycles. The molecule has 5 heteroatoms. The molecule has 2 rings (SSSR count). The topological polar surface area (TPSA) is 52.7 Å². The van der Waals surface area contributed by atoms with Crippen molar-refractivity contribution < 1.29 is 9.59 Å². The molecule has 1 unspecified atom stereocenters. The van der Waals surface area contributed by atoms with Gasteiger partial charge in [0.1, 0.15) is 6.04 Å². The van der Waals surface area contributed by atoms with Crippen LogP contribution in [-0.2, 0) is 16.1 Å². The number of hydrogen-bond donors (Lipinski definition) is 1. The van der Waals surface area contributed by atoms with Gasteiger partial charge >= 0.3 is 0 Å². The third-order valence-electron chi connectivity index (χ3n) is 4.15. The number of carbonyl (C=O) groups is 2. The van der Waals surface area contributed by atoms with Gasteiger partial charge in [-0.3, -0.25) is 14.5 Å². The summed E-state index contributed by atoms with van der Waals surface area (Å²) in [7, 11) is 0. The molecule has 1 fully saturated rings. The standard InChI is InChI=1S/C17H25N3O2/c1-3-16(21)20-11-10-19(4-2)13-15(20)17(22)18-12-14-8-6-5-7-9-14/h5-9,15H,3-4,10-13H2,1-2H3,(H,18,22). The van der Waals surface area contributed by atoms with Crippen molar-refractivity contribution in [3.8, 4) is 0 Å². The Labute approximate surface area is 132 Å². The summed E-state index contributed by atoms with van der Waals surface area (Å²) in [5, 5.41) is 2.96. The number of nitrogens with zero attached hydrogens (tertiary/aromatic N) is 2. The highest BCUT2D eigenvalue weighted by Crippen LogP contribution is 2.12. The van der Waals surface area contributed by atoms with Crippen LogP contribution in [0.1, 0.15) is 25.8 Å². The molecule has 22 heavy (non-hydrogen) atoms. The molecule has 1 aliphatic heterocycles. The first kappa shape index (κ1) is 16.5. The van der Waals surface area contributed by atoms with Crippen molar-refractivity contribution in [1.29, 1.82) is 0 Å². The van der Waals surface area contributed by atoms with Gasteiger partial charge in [-0.05, 0) is 12.1 Å². The zero-order chi connectivity index (χ0) is 15.9. The Morgan fingerprint density at radius 3 is 2.55 bits per heavy atom. The van der Waals surface area contributed by atoms with E-state index in [9.17, 15) is 9.59 Å². The second-order valence-corrected chi connectivity index (χ2v) is 5.55. The van der Waals surface area contributed by atoms with Gasteiger partial charge in [0, 0.05) is 32.6 Å². The van der Waals surface area contributed by atoms with E-state index in [2.05, 4.69) is 17.1 Å². The summed E-state index contributed by atoms with van der Waals surface area (Å²) >= 11 is 0. The average molecular weight is 303 g/mol. The number of rotatable bonds is 5. The Morgan fingerprint density at radius 2 is 1.91 bits per heavy atom. The molecule has 0 spiro atoms. The average Bonchev–Trinajstić information content (AvgIpc) is 2.59. The molecular formula is C17H25N3O2. The highest BCUT2D eigenvalue weighted by atomic mass is 16.2. The molecule has 1 N–H and O–H groups in total. The van der Waals surface area contributed by atoms with Gasteiger partial charge in [-0.1, -0.05) is 44.2 Å². The van der Waals surface area contributed by atoms with Crippen LogP contribution in [0.3, 0.4) is 0 Å². The first-order valence-corrected chi connectivity index (χ1v) is 7.99. The van der Waals surface area contributed by atoms with Crippen molar-refractivity contribution >= 4 is 11.8 Å². The quantitative estimate of drug-likeness (QED) is 0.890. The number of carbonyl (C=O) groups excluding carboxylic acids is 2. The number of amides is 2. The van der Waals surface area contributed by atoms with E-state index in [1.807, 2.05) is 37.3 Å². The predicted octanol–water partition coefficient (Wildman–Crippen LogP) is 1.25. The molecule has 2 amide bonds. The summed E-state index contributed by atoms with van der Waals surface area (Å²) in [4.78, 5) is 28.6. The fourth-order valence-electron chi connectivity index (χ4n) is 2.76. The molecule has 120 valence electrons. The van der Waals surface area contributed by atoms with Crippen LogP contribution in [0.5, 0.6) is 0 Å². The van der Waals surface area contributed by atoms with E-state index in [0.29, 0.717) is 26.1 Å². The van der Waals surface area contributed by atoms with Crippen molar-refractivity contribution in [3.05, 3.63) is 35.9 Å². The van der Waals surface area contributed by atoms with Gasteiger partial charge in [-0.2, -0.15) is 0 Å². The summed E-state index contributed by atoms with van der Waals surface area (Å²) in [6, 6.07) is 9.43. The normalized spacial score (nSPS) is 19.0. The first-order valence-electron chi connectivity index (χ1n) is 7.99. The van der Waals surface area contributed by atoms with Crippen molar-refractivity contribution in [1.82, 2.24) is 15.1 Å². The monoisotopic (exact) mass is 303 g/mol. The maximum Gasteiger partial charge on any atom is 0.244 e. The Balaban J connectivity index is 2.00. The van der Waals surface area contributed by atoms with Gasteiger partial charge in [0.2, 0.25) is 11.8 Å². The number of hydrogen-bond acceptors (Lipinski definition) is 3. The van der Waals surface area contributed by atoms with Gasteiger partial charge < -0.3 is 10.2 Å². The minimum atomic E-state index is -0.384. The molecular weight excluding hydrogens is 278 g/mol. The summed E-state index contributed by atoms with van der Waals surface area (Å²) in [5.41, 5.74) is 1.06. The lowest BCUT2D eigenvalue weighted by Crippen LogP contribution is -2.60. The molecule has 1 aromatic carbocycles. The Morgan fingerprint density at radius 1 is 1.18 bits per heavy atom. The van der Waals surface area contributed by atoms with E-state index in [0.717, 1.165) is 18.7 Å². The Kier molecular flexibility index (Phi) is 5.95. The number of nitrogens with one attached hydrogen (secondary N) is 1.